The molecule has 1 aromatic carbocycles. The lowest BCUT2D eigenvalue weighted by Crippen LogP contribution is -2.03. The van der Waals surface area contributed by atoms with Gasteiger partial charge in [0.05, 0.1) is 0 Å². The fourth-order valence-electron chi connectivity index (χ4n) is 3.25. The van der Waals surface area contributed by atoms with Crippen LogP contribution in [0.15, 0.2) is 35.4 Å². The first kappa shape index (κ1) is 15.6. The van der Waals surface area contributed by atoms with Gasteiger partial charge in [-0.2, -0.15) is 0 Å². The van der Waals surface area contributed by atoms with E-state index >= 15 is 0 Å². The molecule has 116 valence electrons. The first-order valence-corrected chi connectivity index (χ1v) is 9.23. The Morgan fingerprint density at radius 2 is 2.09 bits per heavy atom. The third-order valence-corrected chi connectivity index (χ3v) is 5.51. The van der Waals surface area contributed by atoms with Crippen molar-refractivity contribution in [1.29, 1.82) is 0 Å². The van der Waals surface area contributed by atoms with Gasteiger partial charge in [0.25, 0.3) is 0 Å². The maximum Gasteiger partial charge on any atom is 0.215 e. The molecule has 2 aliphatic carbocycles. The highest BCUT2D eigenvalue weighted by atomic mass is 32.2. The van der Waals surface area contributed by atoms with Gasteiger partial charge in [0.2, 0.25) is 5.12 Å². The number of carbonyl (C=O) groups is 1. The van der Waals surface area contributed by atoms with Gasteiger partial charge in [-0.15, -0.1) is 0 Å². The lowest BCUT2D eigenvalue weighted by molar-refractivity contribution is -0.107. The smallest absolute Gasteiger partial charge is 0.215 e. The number of hydrogen-bond donors (Lipinski definition) is 0. The second kappa shape index (κ2) is 6.45. The minimum absolute atomic E-state index is 0.281. The zero-order valence-electron chi connectivity index (χ0n) is 13.7. The van der Waals surface area contributed by atoms with Crippen LogP contribution in [0.5, 0.6) is 0 Å². The van der Waals surface area contributed by atoms with Gasteiger partial charge in [-0.1, -0.05) is 55.4 Å². The van der Waals surface area contributed by atoms with E-state index in [1.165, 1.54) is 39.6 Å². The molecule has 0 fully saturated rings. The van der Waals surface area contributed by atoms with Gasteiger partial charge >= 0.3 is 0 Å². The Morgan fingerprint density at radius 1 is 1.27 bits per heavy atom. The molecule has 22 heavy (non-hydrogen) atoms. The molecule has 0 bridgehead atoms. The highest BCUT2D eigenvalue weighted by Gasteiger charge is 2.26. The van der Waals surface area contributed by atoms with E-state index in [9.17, 15) is 4.79 Å². The summed E-state index contributed by atoms with van der Waals surface area (Å²) in [4.78, 5) is 12.4. The molecule has 0 heterocycles. The van der Waals surface area contributed by atoms with Crippen molar-refractivity contribution in [3.8, 4) is 0 Å². The number of aryl methyl sites for hydroxylation is 2. The Labute approximate surface area is 137 Å². The van der Waals surface area contributed by atoms with Crippen LogP contribution in [0.2, 0.25) is 0 Å². The molecular formula is C20H24OS. The molecule has 0 saturated carbocycles. The largest absolute Gasteiger partial charge is 0.282 e. The molecule has 1 nitrogen and oxygen atoms in total. The van der Waals surface area contributed by atoms with Crippen LogP contribution in [0.4, 0.5) is 0 Å². The predicted octanol–water partition coefficient (Wildman–Crippen LogP) is 5.33. The van der Waals surface area contributed by atoms with E-state index < -0.39 is 0 Å². The highest BCUT2D eigenvalue weighted by Crippen LogP contribution is 2.42. The van der Waals surface area contributed by atoms with E-state index in [4.69, 9.17) is 0 Å². The van der Waals surface area contributed by atoms with Crippen LogP contribution in [0, 0.1) is 12.8 Å². The van der Waals surface area contributed by atoms with Gasteiger partial charge in [-0.3, -0.25) is 4.79 Å². The average Bonchev–Trinajstić information content (AvgIpc) is 2.90. The van der Waals surface area contributed by atoms with Crippen molar-refractivity contribution >= 4 is 22.5 Å². The summed E-state index contributed by atoms with van der Waals surface area (Å²) in [6.07, 6.45) is 6.30. The standard InChI is InChI=1S/C20H24OS/c1-13(2)8-9-22-20(21)17-11-16-6-5-15-10-14(3)4-7-18(15)19(16)12-17/h4,7,10-11,13H,5-6,8-9,12H2,1-3H3. The molecule has 2 heteroatoms. The summed E-state index contributed by atoms with van der Waals surface area (Å²) in [6.45, 7) is 6.56. The van der Waals surface area contributed by atoms with Crippen molar-refractivity contribution in [2.75, 3.05) is 5.75 Å². The number of rotatable bonds is 4. The number of hydrogen-bond acceptors (Lipinski definition) is 2. The van der Waals surface area contributed by atoms with Gasteiger partial charge < -0.3 is 0 Å². The molecular weight excluding hydrogens is 288 g/mol. The molecule has 0 saturated heterocycles. The monoisotopic (exact) mass is 312 g/mol. The minimum atomic E-state index is 0.281. The summed E-state index contributed by atoms with van der Waals surface area (Å²) in [7, 11) is 0. The number of carbonyl (C=O) groups excluding carboxylic acids is 1. The Kier molecular flexibility index (Phi) is 4.58. The maximum atomic E-state index is 12.4. The van der Waals surface area contributed by atoms with Crippen LogP contribution in [0.25, 0.3) is 5.57 Å². The maximum absolute atomic E-state index is 12.4. The van der Waals surface area contributed by atoms with Crippen molar-refractivity contribution in [1.82, 2.24) is 0 Å². The van der Waals surface area contributed by atoms with Gasteiger partial charge in [-0.05, 0) is 54.4 Å². The van der Waals surface area contributed by atoms with Crippen molar-refractivity contribution in [2.45, 2.75) is 46.5 Å². The molecule has 0 aromatic heterocycles. The Balaban J connectivity index is 1.70. The second-order valence-electron chi connectivity index (χ2n) is 6.83. The van der Waals surface area contributed by atoms with Gasteiger partial charge in [0.15, 0.2) is 0 Å². The van der Waals surface area contributed by atoms with Crippen molar-refractivity contribution < 1.29 is 4.79 Å². The lowest BCUT2D eigenvalue weighted by Gasteiger charge is -2.19. The van der Waals surface area contributed by atoms with Crippen LogP contribution < -0.4 is 0 Å². The summed E-state index contributed by atoms with van der Waals surface area (Å²) in [5.74, 6) is 1.60. The van der Waals surface area contributed by atoms with Crippen LogP contribution in [0.1, 0.15) is 49.8 Å². The van der Waals surface area contributed by atoms with E-state index in [2.05, 4.69) is 45.0 Å². The number of benzene rings is 1. The highest BCUT2D eigenvalue weighted by molar-refractivity contribution is 8.14. The molecule has 0 spiro atoms. The topological polar surface area (TPSA) is 17.1 Å². The zero-order chi connectivity index (χ0) is 15.7. The third-order valence-electron chi connectivity index (χ3n) is 4.54. The summed E-state index contributed by atoms with van der Waals surface area (Å²) in [5.41, 5.74) is 7.95. The van der Waals surface area contributed by atoms with Crippen LogP contribution >= 0.6 is 11.8 Å². The summed E-state index contributed by atoms with van der Waals surface area (Å²) in [5, 5.41) is 0.281. The van der Waals surface area contributed by atoms with E-state index in [0.29, 0.717) is 5.92 Å². The first-order chi connectivity index (χ1) is 10.5. The summed E-state index contributed by atoms with van der Waals surface area (Å²) < 4.78 is 0. The summed E-state index contributed by atoms with van der Waals surface area (Å²) >= 11 is 1.50. The number of allylic oxidation sites excluding steroid dienone is 3. The SMILES string of the molecule is Cc1ccc2c(c1)CCC1=C2CC(C(=O)SCCC(C)C)=C1. The minimum Gasteiger partial charge on any atom is -0.282 e. The van der Waals surface area contributed by atoms with E-state index in [-0.39, 0.29) is 5.12 Å². The molecule has 0 amide bonds. The van der Waals surface area contributed by atoms with Gasteiger partial charge in [0.1, 0.15) is 0 Å². The van der Waals surface area contributed by atoms with E-state index in [1.807, 2.05) is 0 Å². The predicted molar refractivity (Wildman–Crippen MR) is 96.0 cm³/mol. The van der Waals surface area contributed by atoms with Crippen molar-refractivity contribution in [3.05, 3.63) is 52.1 Å². The van der Waals surface area contributed by atoms with Crippen LogP contribution in [-0.4, -0.2) is 10.9 Å². The van der Waals surface area contributed by atoms with Crippen molar-refractivity contribution in [3.63, 3.8) is 0 Å². The Hall–Kier alpha value is -1.28. The van der Waals surface area contributed by atoms with E-state index in [1.54, 1.807) is 0 Å². The van der Waals surface area contributed by atoms with Crippen LogP contribution in [-0.2, 0) is 11.2 Å². The van der Waals surface area contributed by atoms with Gasteiger partial charge in [0, 0.05) is 17.7 Å². The number of fused-ring (bicyclic) bond motifs is 2. The van der Waals surface area contributed by atoms with E-state index in [0.717, 1.165) is 37.0 Å². The molecule has 0 N–H and O–H groups in total. The molecule has 0 radical (unpaired) electrons. The molecule has 0 unspecified atom stereocenters. The second-order valence-corrected chi connectivity index (χ2v) is 7.90. The lowest BCUT2D eigenvalue weighted by atomic mass is 9.86. The molecule has 3 rings (SSSR count). The summed E-state index contributed by atoms with van der Waals surface area (Å²) in [6, 6.07) is 6.73. The molecule has 2 aliphatic rings. The zero-order valence-corrected chi connectivity index (χ0v) is 14.6. The quantitative estimate of drug-likeness (QED) is 0.747. The number of thioether (sulfide) groups is 1. The fourth-order valence-corrected chi connectivity index (χ4v) is 4.34. The Bertz CT molecular complexity index is 664. The normalized spacial score (nSPS) is 16.6. The Morgan fingerprint density at radius 3 is 2.86 bits per heavy atom. The fraction of sp³-hybridized carbons (Fsp3) is 0.450. The van der Waals surface area contributed by atoms with Gasteiger partial charge in [-0.25, -0.2) is 0 Å². The van der Waals surface area contributed by atoms with Crippen LogP contribution in [0.3, 0.4) is 0 Å². The molecule has 0 atom stereocenters. The van der Waals surface area contributed by atoms with Crippen molar-refractivity contribution in [2.24, 2.45) is 5.92 Å². The molecule has 0 aliphatic heterocycles. The average molecular weight is 312 g/mol. The third kappa shape index (κ3) is 3.22. The first-order valence-electron chi connectivity index (χ1n) is 8.24. The molecule has 1 aromatic rings.